The molecule has 2 heterocycles. The number of aliphatic hydroxyl groups is 1. The van der Waals surface area contributed by atoms with Gasteiger partial charge in [0.15, 0.2) is 6.23 Å². The number of aryl methyl sites for hydroxylation is 1. The molecule has 0 bridgehead atoms. The fraction of sp³-hybridized carbons (Fsp3) is 0.783. The van der Waals surface area contributed by atoms with Crippen LogP contribution >= 0.6 is 15.6 Å². The molecule has 1 aromatic rings. The molecule has 0 aromatic carbocycles. The number of rotatable bonds is 25. The van der Waals surface area contributed by atoms with Crippen LogP contribution in [0.1, 0.15) is 24.6 Å². The van der Waals surface area contributed by atoms with Crippen molar-refractivity contribution in [1.82, 2.24) is 14.9 Å². The maximum atomic E-state index is 12.6. The summed E-state index contributed by atoms with van der Waals surface area (Å²) in [4.78, 5) is 67.4. The summed E-state index contributed by atoms with van der Waals surface area (Å²) in [5.41, 5.74) is 13.3. The molecule has 4 atom stereocenters. The Labute approximate surface area is 273 Å². The Morgan fingerprint density at radius 2 is 1.65 bits per heavy atom. The first-order valence-electron chi connectivity index (χ1n) is 14.5. The van der Waals surface area contributed by atoms with Crippen molar-refractivity contribution in [1.29, 1.82) is 0 Å². The minimum atomic E-state index is -5.23. The van der Waals surface area contributed by atoms with E-state index in [2.05, 4.69) is 29.4 Å². The fourth-order valence-corrected chi connectivity index (χ4v) is 5.03. The first-order chi connectivity index (χ1) is 22.7. The van der Waals surface area contributed by atoms with Crippen molar-refractivity contribution in [2.45, 2.75) is 43.8 Å². The van der Waals surface area contributed by atoms with Crippen LogP contribution in [0.5, 0.6) is 0 Å². The number of aromatic nitrogens is 2. The van der Waals surface area contributed by atoms with E-state index in [-0.39, 0.29) is 50.9 Å². The molecular formula is C23H41N7O16P2. The van der Waals surface area contributed by atoms with Gasteiger partial charge < -0.3 is 59.4 Å². The summed E-state index contributed by atoms with van der Waals surface area (Å²) >= 11 is 0. The topological polar surface area (TPSA) is 339 Å². The number of aliphatic hydroxyl groups excluding tert-OH is 1. The van der Waals surface area contributed by atoms with Gasteiger partial charge in [-0.25, -0.2) is 13.9 Å². The molecule has 1 fully saturated rings. The zero-order valence-electron chi connectivity index (χ0n) is 25.7. The van der Waals surface area contributed by atoms with Crippen LogP contribution in [0.3, 0.4) is 0 Å². The Kier molecular flexibility index (Phi) is 18.6. The number of phosphoric acid groups is 2. The predicted octanol–water partition coefficient (Wildman–Crippen LogP) is -1.51. The Morgan fingerprint density at radius 3 is 2.23 bits per heavy atom. The second-order valence-corrected chi connectivity index (χ2v) is 12.3. The molecule has 2 unspecified atom stereocenters. The van der Waals surface area contributed by atoms with Gasteiger partial charge >= 0.3 is 21.3 Å². The van der Waals surface area contributed by atoms with Crippen molar-refractivity contribution < 1.29 is 71.3 Å². The molecule has 48 heavy (non-hydrogen) atoms. The van der Waals surface area contributed by atoms with Gasteiger partial charge in [-0.05, 0) is 18.4 Å². The Morgan fingerprint density at radius 1 is 1.04 bits per heavy atom. The number of nitrogen functional groups attached to an aromatic ring is 1. The van der Waals surface area contributed by atoms with E-state index in [4.69, 9.17) is 44.7 Å². The summed E-state index contributed by atoms with van der Waals surface area (Å²) < 4.78 is 58.9. The maximum Gasteiger partial charge on any atom is 0.470 e. The molecule has 25 heteroatoms. The number of amides is 1. The molecule has 0 spiro atoms. The lowest BCUT2D eigenvalue weighted by Gasteiger charge is -2.21. The minimum Gasteiger partial charge on any atom is -0.386 e. The van der Waals surface area contributed by atoms with E-state index in [1.54, 1.807) is 0 Å². The molecule has 0 saturated carbocycles. The second-order valence-electron chi connectivity index (χ2n) is 9.85. The SMILES string of the molecule is [N-]=[N+]=NCCOCCOCCOCCOCCC(=O)NCCCc1cn([C@@H]2O[C@H](COP(=O)(O)O)C(OP(=O)(O)O)C2O)c(=O)nc1N. The molecule has 0 radical (unpaired) electrons. The van der Waals surface area contributed by atoms with E-state index >= 15 is 0 Å². The Bertz CT molecular complexity index is 1340. The first-order valence-corrected chi connectivity index (χ1v) is 17.5. The highest BCUT2D eigenvalue weighted by Gasteiger charge is 2.49. The zero-order chi connectivity index (χ0) is 35.6. The quantitative estimate of drug-likeness (QED) is 0.0197. The van der Waals surface area contributed by atoms with Crippen molar-refractivity contribution in [2.75, 3.05) is 78.3 Å². The molecule has 23 nitrogen and oxygen atoms in total. The molecule has 1 amide bonds. The predicted molar refractivity (Wildman–Crippen MR) is 161 cm³/mol. The zero-order valence-corrected chi connectivity index (χ0v) is 27.5. The van der Waals surface area contributed by atoms with Crippen molar-refractivity contribution in [2.24, 2.45) is 5.11 Å². The van der Waals surface area contributed by atoms with E-state index < -0.39 is 52.5 Å². The minimum absolute atomic E-state index is 0.0962. The lowest BCUT2D eigenvalue weighted by molar-refractivity contribution is -0.122. The monoisotopic (exact) mass is 733 g/mol. The normalized spacial score (nSPS) is 19.7. The van der Waals surface area contributed by atoms with E-state index in [1.165, 1.54) is 6.20 Å². The molecule has 1 aliphatic heterocycles. The third-order valence-electron chi connectivity index (χ3n) is 6.24. The lowest BCUT2D eigenvalue weighted by atomic mass is 10.1. The number of anilines is 1. The first kappa shape index (κ1) is 41.6. The van der Waals surface area contributed by atoms with Crippen molar-refractivity contribution in [3.8, 4) is 0 Å². The molecule has 1 aliphatic rings. The highest BCUT2D eigenvalue weighted by atomic mass is 31.2. The molecule has 1 aromatic heterocycles. The number of nitrogens with zero attached hydrogens (tertiary/aromatic N) is 5. The number of nitrogens with one attached hydrogen (secondary N) is 1. The van der Waals surface area contributed by atoms with Gasteiger partial charge in [-0.2, -0.15) is 4.98 Å². The average molecular weight is 734 g/mol. The number of azide groups is 1. The fourth-order valence-electron chi connectivity index (χ4n) is 4.11. The molecule has 0 aliphatic carbocycles. The van der Waals surface area contributed by atoms with Crippen LogP contribution in [0, 0.1) is 0 Å². The number of phosphoric ester groups is 2. The summed E-state index contributed by atoms with van der Waals surface area (Å²) in [7, 11) is -10.3. The number of hydrogen-bond donors (Lipinski definition) is 7. The van der Waals surface area contributed by atoms with Crippen LogP contribution in [0.2, 0.25) is 0 Å². The van der Waals surface area contributed by atoms with Gasteiger partial charge in [0, 0.05) is 36.2 Å². The summed E-state index contributed by atoms with van der Waals surface area (Å²) in [6.45, 7) is 2.11. The molecule has 8 N–H and O–H groups in total. The number of ether oxygens (including phenoxy) is 5. The van der Waals surface area contributed by atoms with Crippen molar-refractivity contribution in [3.63, 3.8) is 0 Å². The largest absolute Gasteiger partial charge is 0.470 e. The van der Waals surface area contributed by atoms with Gasteiger partial charge in [-0.15, -0.1) is 0 Å². The highest BCUT2D eigenvalue weighted by molar-refractivity contribution is 7.46. The lowest BCUT2D eigenvalue weighted by Crippen LogP contribution is -2.38. The van der Waals surface area contributed by atoms with Crippen LogP contribution < -0.4 is 16.7 Å². The average Bonchev–Trinajstić information content (AvgIpc) is 3.29. The molecular weight excluding hydrogens is 692 g/mol. The van der Waals surface area contributed by atoms with Crippen LogP contribution in [-0.2, 0) is 53.1 Å². The highest BCUT2D eigenvalue weighted by Crippen LogP contribution is 2.45. The van der Waals surface area contributed by atoms with Gasteiger partial charge in [-0.3, -0.25) is 18.4 Å². The van der Waals surface area contributed by atoms with E-state index in [1.807, 2.05) is 0 Å². The maximum absolute atomic E-state index is 12.6. The van der Waals surface area contributed by atoms with Crippen LogP contribution in [0.4, 0.5) is 5.82 Å². The van der Waals surface area contributed by atoms with E-state index in [9.17, 15) is 33.6 Å². The van der Waals surface area contributed by atoms with Crippen molar-refractivity contribution in [3.05, 3.63) is 32.7 Å². The summed E-state index contributed by atoms with van der Waals surface area (Å²) in [5, 5.41) is 16.7. The third kappa shape index (κ3) is 16.7. The van der Waals surface area contributed by atoms with E-state index in [0.29, 0.717) is 51.6 Å². The van der Waals surface area contributed by atoms with Gasteiger partial charge in [0.1, 0.15) is 24.1 Å². The number of carbonyl (C=O) groups excluding carboxylic acids is 1. The standard InChI is InChI=1S/C23H41N7O16P2/c24-21-16(2-1-4-26-18(31)3-6-40-8-10-42-12-13-43-11-9-41-7-5-27-29-25)14-30(23(33)28-21)22-19(32)20(46-48(37,38)39)17(45-22)15-44-47(34,35)36/h14,17,19-20,22,32H,1-13,15H2,(H,26,31)(H2,24,28,33)(H2,34,35,36)(H2,37,38,39)/t17-,19?,20?,22-/m1/s1. The third-order valence-corrected chi connectivity index (χ3v) is 7.25. The summed E-state index contributed by atoms with van der Waals surface area (Å²) in [6.07, 6.45) is -5.14. The Hall–Kier alpha value is -2.56. The van der Waals surface area contributed by atoms with E-state index in [0.717, 1.165) is 4.57 Å². The van der Waals surface area contributed by atoms with Gasteiger partial charge in [0.2, 0.25) is 5.91 Å². The number of carbonyl (C=O) groups is 1. The van der Waals surface area contributed by atoms with Crippen LogP contribution in [0.15, 0.2) is 16.1 Å². The van der Waals surface area contributed by atoms with Gasteiger partial charge in [0.05, 0.1) is 59.5 Å². The smallest absolute Gasteiger partial charge is 0.386 e. The Balaban J connectivity index is 1.71. The summed E-state index contributed by atoms with van der Waals surface area (Å²) in [6, 6.07) is 0. The van der Waals surface area contributed by atoms with Crippen molar-refractivity contribution >= 4 is 27.4 Å². The molecule has 2 rings (SSSR count). The van der Waals surface area contributed by atoms with Gasteiger partial charge in [0.25, 0.3) is 0 Å². The molecule has 1 saturated heterocycles. The summed E-state index contributed by atoms with van der Waals surface area (Å²) in [5.74, 6) is -0.418. The second kappa shape index (κ2) is 21.5. The van der Waals surface area contributed by atoms with Crippen LogP contribution in [0.25, 0.3) is 10.4 Å². The molecule has 274 valence electrons. The number of nitrogens with two attached hydrogens (primary N) is 1. The number of hydrogen-bond acceptors (Lipinski definition) is 15. The van der Waals surface area contributed by atoms with Gasteiger partial charge in [-0.1, -0.05) is 5.11 Å². The van der Waals surface area contributed by atoms with Crippen LogP contribution in [-0.4, -0.2) is 131 Å².